The fourth-order valence-corrected chi connectivity index (χ4v) is 4.32. The van der Waals surface area contributed by atoms with E-state index in [0.717, 1.165) is 38.6 Å². The Balaban J connectivity index is 1.79. The van der Waals surface area contributed by atoms with Crippen LogP contribution in [0.1, 0.15) is 123 Å². The summed E-state index contributed by atoms with van der Waals surface area (Å²) < 4.78 is 0. The molecule has 0 radical (unpaired) electrons. The van der Waals surface area contributed by atoms with Gasteiger partial charge in [0.15, 0.2) is 0 Å². The van der Waals surface area contributed by atoms with Crippen molar-refractivity contribution in [2.75, 3.05) is 19.6 Å². The van der Waals surface area contributed by atoms with Gasteiger partial charge in [0.1, 0.15) is 0 Å². The summed E-state index contributed by atoms with van der Waals surface area (Å²) in [4.78, 5) is 48.2. The van der Waals surface area contributed by atoms with Gasteiger partial charge in [0, 0.05) is 44.8 Å². The van der Waals surface area contributed by atoms with Crippen LogP contribution in [0.15, 0.2) is 0 Å². The number of carbonyl (C=O) groups excluding carboxylic acids is 4. The van der Waals surface area contributed by atoms with Crippen LogP contribution in [0.4, 0.5) is 0 Å². The molecule has 4 amide bonds. The van der Waals surface area contributed by atoms with Crippen LogP contribution in [0.5, 0.6) is 0 Å². The molecule has 0 bridgehead atoms. The summed E-state index contributed by atoms with van der Waals surface area (Å²) in [5.41, 5.74) is 0. The highest BCUT2D eigenvalue weighted by atomic mass is 16.2. The second kappa shape index (κ2) is 19.4. The molecule has 0 spiro atoms. The number of carbonyl (C=O) groups is 4. The molecule has 1 atom stereocenters. The molecule has 1 rings (SSSR count). The molecule has 1 saturated heterocycles. The van der Waals surface area contributed by atoms with Crippen LogP contribution >= 0.6 is 0 Å². The molecule has 1 fully saturated rings. The Bertz CT molecular complexity index is 609. The zero-order valence-electron chi connectivity index (χ0n) is 21.8. The van der Waals surface area contributed by atoms with Crippen LogP contribution in [0, 0.1) is 5.92 Å². The van der Waals surface area contributed by atoms with Gasteiger partial charge in [-0.2, -0.15) is 0 Å². The minimum atomic E-state index is -0.248. The van der Waals surface area contributed by atoms with E-state index in [0.29, 0.717) is 13.0 Å². The maximum atomic E-state index is 11.9. The fraction of sp³-hybridized carbons (Fsp3) is 0.852. The van der Waals surface area contributed by atoms with Crippen LogP contribution in [0.2, 0.25) is 0 Å². The van der Waals surface area contributed by atoms with E-state index in [2.05, 4.69) is 17.6 Å². The Morgan fingerprint density at radius 1 is 0.735 bits per heavy atom. The van der Waals surface area contributed by atoms with Crippen LogP contribution in [0.25, 0.3) is 0 Å². The van der Waals surface area contributed by atoms with Crippen molar-refractivity contribution in [3.8, 4) is 0 Å². The lowest BCUT2D eigenvalue weighted by Gasteiger charge is -2.14. The number of amides is 4. The molecule has 1 aliphatic heterocycles. The first-order chi connectivity index (χ1) is 16.5. The van der Waals surface area contributed by atoms with Crippen molar-refractivity contribution in [2.45, 2.75) is 123 Å². The van der Waals surface area contributed by atoms with Crippen molar-refractivity contribution in [2.24, 2.45) is 5.92 Å². The molecule has 1 heterocycles. The summed E-state index contributed by atoms with van der Waals surface area (Å²) in [6.45, 7) is 5.49. The molecule has 1 unspecified atom stereocenters. The maximum absolute atomic E-state index is 11.9. The molecule has 7 heteroatoms. The van der Waals surface area contributed by atoms with Gasteiger partial charge in [-0.05, 0) is 19.3 Å². The second-order valence-electron chi connectivity index (χ2n) is 9.78. The van der Waals surface area contributed by atoms with Crippen molar-refractivity contribution in [3.63, 3.8) is 0 Å². The van der Waals surface area contributed by atoms with E-state index in [-0.39, 0.29) is 48.9 Å². The number of likely N-dealkylation sites (tertiary alicyclic amines) is 1. The van der Waals surface area contributed by atoms with Gasteiger partial charge in [0.05, 0.1) is 0 Å². The van der Waals surface area contributed by atoms with E-state index in [4.69, 9.17) is 0 Å². The third-order valence-corrected chi connectivity index (χ3v) is 6.51. The number of hydrogen-bond acceptors (Lipinski definition) is 4. The highest BCUT2D eigenvalue weighted by Crippen LogP contribution is 2.18. The first-order valence-corrected chi connectivity index (χ1v) is 13.8. The topological polar surface area (TPSA) is 95.6 Å². The lowest BCUT2D eigenvalue weighted by atomic mass is 10.0. The van der Waals surface area contributed by atoms with Crippen molar-refractivity contribution in [1.29, 1.82) is 0 Å². The normalized spacial score (nSPS) is 15.7. The Kier molecular flexibility index (Phi) is 17.2. The van der Waals surface area contributed by atoms with E-state index in [1.807, 2.05) is 0 Å². The largest absolute Gasteiger partial charge is 0.356 e. The molecular weight excluding hydrogens is 430 g/mol. The van der Waals surface area contributed by atoms with E-state index < -0.39 is 0 Å². The zero-order chi connectivity index (χ0) is 25.0. The molecule has 1 aliphatic rings. The predicted octanol–water partition coefficient (Wildman–Crippen LogP) is 4.88. The standard InChI is InChI=1S/C27H49N3O4/c1-3-19-28-24(31)17-15-13-11-9-7-5-4-6-8-10-12-14-16-20-29-25(32)18-21-30-26(33)22-23(2)27(30)34/h23H,3-22H2,1-2H3,(H,28,31)(H,29,32). The monoisotopic (exact) mass is 479 g/mol. The third-order valence-electron chi connectivity index (χ3n) is 6.51. The molecular formula is C27H49N3O4. The van der Waals surface area contributed by atoms with Crippen LogP contribution in [0.3, 0.4) is 0 Å². The number of nitrogens with zero attached hydrogens (tertiary/aromatic N) is 1. The van der Waals surface area contributed by atoms with Gasteiger partial charge in [-0.25, -0.2) is 0 Å². The summed E-state index contributed by atoms with van der Waals surface area (Å²) >= 11 is 0. The number of rotatable bonds is 21. The Morgan fingerprint density at radius 2 is 1.21 bits per heavy atom. The molecule has 2 N–H and O–H groups in total. The first kappa shape index (κ1) is 30.1. The molecule has 0 aliphatic carbocycles. The van der Waals surface area contributed by atoms with Gasteiger partial charge >= 0.3 is 0 Å². The van der Waals surface area contributed by atoms with E-state index in [1.165, 1.54) is 62.7 Å². The van der Waals surface area contributed by atoms with Crippen molar-refractivity contribution in [1.82, 2.24) is 15.5 Å². The molecule has 196 valence electrons. The van der Waals surface area contributed by atoms with Crippen molar-refractivity contribution < 1.29 is 19.2 Å². The van der Waals surface area contributed by atoms with Gasteiger partial charge < -0.3 is 10.6 Å². The van der Waals surface area contributed by atoms with Crippen molar-refractivity contribution >= 4 is 23.6 Å². The minimum Gasteiger partial charge on any atom is -0.356 e. The van der Waals surface area contributed by atoms with Crippen LogP contribution < -0.4 is 10.6 Å². The average Bonchev–Trinajstić information content (AvgIpc) is 3.06. The molecule has 7 nitrogen and oxygen atoms in total. The minimum absolute atomic E-state index is 0.0855. The van der Waals surface area contributed by atoms with E-state index >= 15 is 0 Å². The summed E-state index contributed by atoms with van der Waals surface area (Å²) in [6, 6.07) is 0. The smallest absolute Gasteiger partial charge is 0.232 e. The quantitative estimate of drug-likeness (QED) is 0.181. The van der Waals surface area contributed by atoms with E-state index in [9.17, 15) is 19.2 Å². The molecule has 34 heavy (non-hydrogen) atoms. The maximum Gasteiger partial charge on any atom is 0.232 e. The summed E-state index contributed by atoms with van der Waals surface area (Å²) in [7, 11) is 0. The average molecular weight is 480 g/mol. The molecule has 0 aromatic heterocycles. The Morgan fingerprint density at radius 3 is 1.71 bits per heavy atom. The van der Waals surface area contributed by atoms with E-state index in [1.54, 1.807) is 6.92 Å². The SMILES string of the molecule is CCCNC(=O)CCCCCCCCCCCCCCCNC(=O)CCN1C(=O)CC(C)C1=O. The number of nitrogens with one attached hydrogen (secondary N) is 2. The summed E-state index contributed by atoms with van der Waals surface area (Å²) in [6.07, 6.45) is 17.9. The molecule has 0 aromatic carbocycles. The fourth-order valence-electron chi connectivity index (χ4n) is 4.32. The highest BCUT2D eigenvalue weighted by molar-refractivity contribution is 6.03. The highest BCUT2D eigenvalue weighted by Gasteiger charge is 2.35. The second-order valence-corrected chi connectivity index (χ2v) is 9.78. The van der Waals surface area contributed by atoms with Crippen LogP contribution in [-0.2, 0) is 19.2 Å². The van der Waals surface area contributed by atoms with Crippen molar-refractivity contribution in [3.05, 3.63) is 0 Å². The van der Waals surface area contributed by atoms with Gasteiger partial charge in [-0.3, -0.25) is 24.1 Å². The number of hydrogen-bond donors (Lipinski definition) is 2. The third kappa shape index (κ3) is 14.4. The first-order valence-electron chi connectivity index (χ1n) is 13.8. The van der Waals surface area contributed by atoms with Gasteiger partial charge in [0.25, 0.3) is 0 Å². The molecule has 0 aromatic rings. The lowest BCUT2D eigenvalue weighted by Crippen LogP contribution is -2.35. The van der Waals surface area contributed by atoms with Gasteiger partial charge in [-0.1, -0.05) is 84.5 Å². The summed E-state index contributed by atoms with van der Waals surface area (Å²) in [5, 5.41) is 5.82. The predicted molar refractivity (Wildman–Crippen MR) is 136 cm³/mol. The van der Waals surface area contributed by atoms with Crippen LogP contribution in [-0.4, -0.2) is 48.2 Å². The van der Waals surface area contributed by atoms with Gasteiger partial charge in [0.2, 0.25) is 23.6 Å². The molecule has 0 saturated carbocycles. The zero-order valence-corrected chi connectivity index (χ0v) is 21.8. The lowest BCUT2D eigenvalue weighted by molar-refractivity contribution is -0.139. The summed E-state index contributed by atoms with van der Waals surface area (Å²) in [5.74, 6) is -0.449. The number of unbranched alkanes of at least 4 members (excludes halogenated alkanes) is 12. The van der Waals surface area contributed by atoms with Gasteiger partial charge in [-0.15, -0.1) is 0 Å². The Hall–Kier alpha value is -1.92. The Labute approximate surface area is 207 Å². The number of imide groups is 1.